The first-order valence-corrected chi connectivity index (χ1v) is 12.6. The highest BCUT2D eigenvalue weighted by molar-refractivity contribution is 5.99. The van der Waals surface area contributed by atoms with E-state index in [4.69, 9.17) is 18.9 Å². The summed E-state index contributed by atoms with van der Waals surface area (Å²) in [7, 11) is 1.37. The molecule has 2 rings (SSSR count). The van der Waals surface area contributed by atoms with Gasteiger partial charge in [-0.25, -0.2) is 9.59 Å². The predicted octanol–water partition coefficient (Wildman–Crippen LogP) is 4.24. The SMILES string of the molecule is COCN1C(C)=C(C(=O)O)C(c2cccc([N+](=O)[O-])c2)C(C(=O)OC(OC(=O)C(C)(C)C)OC(=O)C(C)(C)C)=C1C. The maximum atomic E-state index is 13.8. The number of hydrogen-bond donors (Lipinski definition) is 1. The van der Waals surface area contributed by atoms with Gasteiger partial charge in [-0.1, -0.05) is 12.1 Å². The number of rotatable bonds is 9. The number of aliphatic carboxylic acids is 1. The van der Waals surface area contributed by atoms with Crippen LogP contribution in [0, 0.1) is 20.9 Å². The van der Waals surface area contributed by atoms with E-state index in [2.05, 4.69) is 0 Å². The van der Waals surface area contributed by atoms with Crippen molar-refractivity contribution in [2.45, 2.75) is 67.8 Å². The average Bonchev–Trinajstić information content (AvgIpc) is 2.84. The molecule has 0 aromatic heterocycles. The number of benzene rings is 1. The van der Waals surface area contributed by atoms with E-state index in [0.717, 1.165) is 6.07 Å². The number of non-ortho nitro benzene ring substituents is 1. The molecule has 41 heavy (non-hydrogen) atoms. The number of methoxy groups -OCH3 is 1. The van der Waals surface area contributed by atoms with Crippen molar-refractivity contribution < 1.29 is 48.2 Å². The molecule has 1 aliphatic heterocycles. The third kappa shape index (κ3) is 7.69. The number of carboxylic acid groups (broad SMARTS) is 1. The highest BCUT2D eigenvalue weighted by Gasteiger charge is 2.42. The van der Waals surface area contributed by atoms with Gasteiger partial charge in [0.15, 0.2) is 0 Å². The molecule has 1 N–H and O–H groups in total. The molecule has 0 aliphatic carbocycles. The Kier molecular flexibility index (Phi) is 10.0. The summed E-state index contributed by atoms with van der Waals surface area (Å²) < 4.78 is 21.1. The molecule has 1 aromatic carbocycles. The van der Waals surface area contributed by atoms with E-state index in [1.807, 2.05) is 0 Å². The van der Waals surface area contributed by atoms with E-state index < -0.39 is 52.0 Å². The van der Waals surface area contributed by atoms with Gasteiger partial charge in [-0.05, 0) is 61.0 Å². The molecular weight excluding hydrogens is 540 g/mol. The van der Waals surface area contributed by atoms with Crippen molar-refractivity contribution in [1.82, 2.24) is 4.90 Å². The monoisotopic (exact) mass is 576 g/mol. The number of hydrogen-bond acceptors (Lipinski definition) is 11. The predicted molar refractivity (Wildman–Crippen MR) is 144 cm³/mol. The van der Waals surface area contributed by atoms with Crippen molar-refractivity contribution in [2.75, 3.05) is 13.8 Å². The van der Waals surface area contributed by atoms with Crippen LogP contribution in [-0.2, 0) is 38.1 Å². The molecule has 1 unspecified atom stereocenters. The first kappa shape index (κ1) is 32.9. The van der Waals surface area contributed by atoms with Gasteiger partial charge in [0.25, 0.3) is 5.69 Å². The smallest absolute Gasteiger partial charge is 0.413 e. The zero-order valence-electron chi connectivity index (χ0n) is 24.6. The lowest BCUT2D eigenvalue weighted by Gasteiger charge is -2.37. The Morgan fingerprint density at radius 3 is 1.90 bits per heavy atom. The molecule has 0 amide bonds. The van der Waals surface area contributed by atoms with Crippen molar-refractivity contribution in [3.8, 4) is 0 Å². The number of nitro groups is 1. The van der Waals surface area contributed by atoms with Crippen LogP contribution in [0.4, 0.5) is 5.69 Å². The lowest BCUT2D eigenvalue weighted by Crippen LogP contribution is -2.40. The molecule has 0 fully saturated rings. The van der Waals surface area contributed by atoms with Crippen LogP contribution in [0.3, 0.4) is 0 Å². The van der Waals surface area contributed by atoms with Gasteiger partial charge >= 0.3 is 30.4 Å². The second kappa shape index (κ2) is 12.5. The van der Waals surface area contributed by atoms with E-state index in [-0.39, 0.29) is 40.5 Å². The highest BCUT2D eigenvalue weighted by atomic mass is 16.9. The number of nitro benzene ring substituents is 1. The summed E-state index contributed by atoms with van der Waals surface area (Å²) in [5, 5.41) is 21.7. The van der Waals surface area contributed by atoms with Crippen LogP contribution in [0.2, 0.25) is 0 Å². The van der Waals surface area contributed by atoms with Gasteiger partial charge in [0.05, 0.1) is 32.8 Å². The van der Waals surface area contributed by atoms with Gasteiger partial charge in [0.1, 0.15) is 6.73 Å². The molecule has 0 saturated heterocycles. The van der Waals surface area contributed by atoms with Crippen LogP contribution in [0.1, 0.15) is 66.9 Å². The largest absolute Gasteiger partial charge is 0.478 e. The molecule has 0 bridgehead atoms. The quantitative estimate of drug-likeness (QED) is 0.192. The molecule has 224 valence electrons. The summed E-state index contributed by atoms with van der Waals surface area (Å²) in [6.45, 7) is 10.0. The van der Waals surface area contributed by atoms with E-state index >= 15 is 0 Å². The molecule has 1 aromatic rings. The number of nitrogens with zero attached hydrogens (tertiary/aromatic N) is 2. The first-order chi connectivity index (χ1) is 18.8. The van der Waals surface area contributed by atoms with Crippen molar-refractivity contribution in [1.29, 1.82) is 0 Å². The van der Waals surface area contributed by atoms with Crippen molar-refractivity contribution in [2.24, 2.45) is 10.8 Å². The summed E-state index contributed by atoms with van der Waals surface area (Å²) in [6, 6.07) is 5.19. The molecule has 13 heteroatoms. The third-order valence-electron chi connectivity index (χ3n) is 6.12. The van der Waals surface area contributed by atoms with Crippen LogP contribution in [0.25, 0.3) is 0 Å². The Morgan fingerprint density at radius 2 is 1.46 bits per heavy atom. The minimum atomic E-state index is -2.11. The maximum Gasteiger partial charge on any atom is 0.413 e. The molecule has 13 nitrogen and oxygen atoms in total. The van der Waals surface area contributed by atoms with Crippen LogP contribution in [-0.4, -0.2) is 59.1 Å². The van der Waals surface area contributed by atoms with Gasteiger partial charge in [-0.3, -0.25) is 19.7 Å². The van der Waals surface area contributed by atoms with Crippen molar-refractivity contribution in [3.63, 3.8) is 0 Å². The summed E-state index contributed by atoms with van der Waals surface area (Å²) >= 11 is 0. The number of carbonyl (C=O) groups excluding carboxylic acids is 3. The number of esters is 3. The lowest BCUT2D eigenvalue weighted by molar-refractivity contribution is -0.384. The Morgan fingerprint density at radius 1 is 0.951 bits per heavy atom. The minimum absolute atomic E-state index is 0.120. The van der Waals surface area contributed by atoms with Crippen molar-refractivity contribution in [3.05, 3.63) is 62.5 Å². The van der Waals surface area contributed by atoms with Gasteiger partial charge < -0.3 is 29.0 Å². The van der Waals surface area contributed by atoms with Crippen LogP contribution < -0.4 is 0 Å². The van der Waals surface area contributed by atoms with E-state index in [1.54, 1.807) is 41.5 Å². The fraction of sp³-hybridized carbons (Fsp3) is 0.500. The van der Waals surface area contributed by atoms with Gasteiger partial charge in [0, 0.05) is 30.6 Å². The van der Waals surface area contributed by atoms with Gasteiger partial charge in [-0.2, -0.15) is 0 Å². The number of carboxylic acids is 1. The Balaban J connectivity index is 2.72. The number of allylic oxidation sites excluding steroid dienone is 2. The minimum Gasteiger partial charge on any atom is -0.478 e. The maximum absolute atomic E-state index is 13.8. The van der Waals surface area contributed by atoms with E-state index in [9.17, 15) is 34.4 Å². The molecular formula is C28H36N2O11. The van der Waals surface area contributed by atoms with Crippen LogP contribution in [0.5, 0.6) is 0 Å². The van der Waals surface area contributed by atoms with Crippen LogP contribution in [0.15, 0.2) is 46.8 Å². The van der Waals surface area contributed by atoms with Crippen LogP contribution >= 0.6 is 0 Å². The average molecular weight is 577 g/mol. The first-order valence-electron chi connectivity index (χ1n) is 12.6. The summed E-state index contributed by atoms with van der Waals surface area (Å²) in [5.74, 6) is -5.60. The van der Waals surface area contributed by atoms with Gasteiger partial charge in [-0.15, -0.1) is 0 Å². The number of carbonyl (C=O) groups is 4. The normalized spacial score (nSPS) is 16.0. The topological polar surface area (TPSA) is 172 Å². The Bertz CT molecular complexity index is 1270. The fourth-order valence-electron chi connectivity index (χ4n) is 3.87. The Hall–Kier alpha value is -4.26. The van der Waals surface area contributed by atoms with E-state index in [0.29, 0.717) is 0 Å². The second-order valence-electron chi connectivity index (χ2n) is 11.4. The second-order valence-corrected chi connectivity index (χ2v) is 11.4. The zero-order valence-corrected chi connectivity index (χ0v) is 24.6. The molecule has 1 heterocycles. The van der Waals surface area contributed by atoms with E-state index in [1.165, 1.54) is 44.1 Å². The summed E-state index contributed by atoms with van der Waals surface area (Å²) in [6.07, 6.45) is 0. The molecule has 0 spiro atoms. The zero-order chi connectivity index (χ0) is 31.4. The van der Waals surface area contributed by atoms with Crippen molar-refractivity contribution >= 4 is 29.6 Å². The fourth-order valence-corrected chi connectivity index (χ4v) is 3.87. The standard InChI is InChI=1S/C28H36N2O11/c1-15-19(22(31)32)21(17-11-10-12-18(13-17)30(36)37)20(16(2)29(15)14-38-9)23(33)39-26(40-24(34)27(3,4)5)41-25(35)28(6,7)8/h10-13,21,26H,14H2,1-9H3,(H,31,32). The van der Waals surface area contributed by atoms with Gasteiger partial charge in [0.2, 0.25) is 0 Å². The number of ether oxygens (including phenoxy) is 4. The lowest BCUT2D eigenvalue weighted by atomic mass is 9.79. The third-order valence-corrected chi connectivity index (χ3v) is 6.12. The molecule has 0 saturated carbocycles. The summed E-state index contributed by atoms with van der Waals surface area (Å²) in [5.41, 5.74) is -2.41. The molecule has 1 aliphatic rings. The molecule has 1 atom stereocenters. The summed E-state index contributed by atoms with van der Waals surface area (Å²) in [4.78, 5) is 63.9. The Labute approximate surface area is 237 Å². The highest BCUT2D eigenvalue weighted by Crippen LogP contribution is 2.43. The molecule has 0 radical (unpaired) electrons.